The van der Waals surface area contributed by atoms with E-state index < -0.39 is 0 Å². The second-order valence-electron chi connectivity index (χ2n) is 6.98. The monoisotopic (exact) mass is 334 g/mol. The van der Waals surface area contributed by atoms with Gasteiger partial charge in [0, 0.05) is 43.3 Å². The molecule has 1 aliphatic rings. The molecule has 1 unspecified atom stereocenters. The molecular formula is C21H26N4. The summed E-state index contributed by atoms with van der Waals surface area (Å²) in [4.78, 5) is 12.0. The largest absolute Gasteiger partial charge is 0.356 e. The van der Waals surface area contributed by atoms with Crippen molar-refractivity contribution < 1.29 is 0 Å². The molecule has 1 aliphatic heterocycles. The molecule has 3 aromatic rings. The average Bonchev–Trinajstić information content (AvgIpc) is 3.14. The summed E-state index contributed by atoms with van der Waals surface area (Å²) in [5, 5.41) is 1.20. The third-order valence-corrected chi connectivity index (χ3v) is 5.19. The zero-order valence-electron chi connectivity index (χ0n) is 14.9. The SMILES string of the molecule is CCCCn1ccnc1C1CCCN(c2ccc3ccccc3n2)C1. The average molecular weight is 334 g/mol. The van der Waals surface area contributed by atoms with E-state index >= 15 is 0 Å². The van der Waals surface area contributed by atoms with Gasteiger partial charge in [0.25, 0.3) is 0 Å². The molecular weight excluding hydrogens is 308 g/mol. The highest BCUT2D eigenvalue weighted by molar-refractivity contribution is 5.80. The van der Waals surface area contributed by atoms with Gasteiger partial charge in [-0.3, -0.25) is 0 Å². The molecule has 0 radical (unpaired) electrons. The molecule has 1 atom stereocenters. The van der Waals surface area contributed by atoms with Crippen molar-refractivity contribution >= 4 is 16.7 Å². The maximum atomic E-state index is 4.89. The Morgan fingerprint density at radius 1 is 1.16 bits per heavy atom. The molecule has 0 amide bonds. The summed E-state index contributed by atoms with van der Waals surface area (Å²) in [6, 6.07) is 12.7. The van der Waals surface area contributed by atoms with E-state index in [0.29, 0.717) is 5.92 Å². The minimum absolute atomic E-state index is 0.494. The Hall–Kier alpha value is -2.36. The summed E-state index contributed by atoms with van der Waals surface area (Å²) in [5.41, 5.74) is 1.08. The first-order valence-electron chi connectivity index (χ1n) is 9.47. The van der Waals surface area contributed by atoms with E-state index in [1.54, 1.807) is 0 Å². The molecule has 0 bridgehead atoms. The number of unbranched alkanes of at least 4 members (excludes halogenated alkanes) is 1. The highest BCUT2D eigenvalue weighted by Gasteiger charge is 2.25. The fourth-order valence-electron chi connectivity index (χ4n) is 3.83. The summed E-state index contributed by atoms with van der Waals surface area (Å²) in [6.07, 6.45) is 8.94. The van der Waals surface area contributed by atoms with Gasteiger partial charge in [0.15, 0.2) is 0 Å². The van der Waals surface area contributed by atoms with E-state index in [1.165, 1.54) is 36.9 Å². The van der Waals surface area contributed by atoms with Gasteiger partial charge in [-0.05, 0) is 37.5 Å². The lowest BCUT2D eigenvalue weighted by molar-refractivity contribution is 0.464. The van der Waals surface area contributed by atoms with Gasteiger partial charge in [-0.1, -0.05) is 31.5 Å². The molecule has 2 aromatic heterocycles. The Labute approximate surface area is 149 Å². The van der Waals surface area contributed by atoms with Gasteiger partial charge in [-0.2, -0.15) is 0 Å². The quantitative estimate of drug-likeness (QED) is 0.683. The van der Waals surface area contributed by atoms with Crippen LogP contribution < -0.4 is 4.90 Å². The predicted octanol–water partition coefficient (Wildman–Crippen LogP) is 4.62. The van der Waals surface area contributed by atoms with Crippen LogP contribution in [0, 0.1) is 0 Å². The summed E-state index contributed by atoms with van der Waals surface area (Å²) < 4.78 is 2.35. The highest BCUT2D eigenvalue weighted by atomic mass is 15.2. The molecule has 1 fully saturated rings. The Bertz CT molecular complexity index is 839. The van der Waals surface area contributed by atoms with Gasteiger partial charge >= 0.3 is 0 Å². The number of para-hydroxylation sites is 1. The Morgan fingerprint density at radius 2 is 2.08 bits per heavy atom. The second kappa shape index (κ2) is 7.26. The molecule has 0 spiro atoms. The summed E-state index contributed by atoms with van der Waals surface area (Å²) in [5.74, 6) is 2.84. The van der Waals surface area contributed by atoms with Crippen molar-refractivity contribution in [1.82, 2.24) is 14.5 Å². The number of hydrogen-bond acceptors (Lipinski definition) is 3. The van der Waals surface area contributed by atoms with Gasteiger partial charge in [0.05, 0.1) is 5.52 Å². The first kappa shape index (κ1) is 16.1. The van der Waals surface area contributed by atoms with Crippen LogP contribution in [0.15, 0.2) is 48.8 Å². The van der Waals surface area contributed by atoms with Crippen molar-refractivity contribution in [3.63, 3.8) is 0 Å². The summed E-state index contributed by atoms with van der Waals surface area (Å²) in [6.45, 7) is 5.41. The Kier molecular flexibility index (Phi) is 4.68. The fourth-order valence-corrected chi connectivity index (χ4v) is 3.83. The predicted molar refractivity (Wildman–Crippen MR) is 103 cm³/mol. The lowest BCUT2D eigenvalue weighted by atomic mass is 9.97. The smallest absolute Gasteiger partial charge is 0.129 e. The molecule has 4 rings (SSSR count). The molecule has 1 saturated heterocycles. The number of benzene rings is 1. The van der Waals surface area contributed by atoms with E-state index in [-0.39, 0.29) is 0 Å². The van der Waals surface area contributed by atoms with Crippen LogP contribution in [-0.2, 0) is 6.54 Å². The van der Waals surface area contributed by atoms with E-state index in [9.17, 15) is 0 Å². The number of nitrogens with zero attached hydrogens (tertiary/aromatic N) is 4. The molecule has 130 valence electrons. The minimum atomic E-state index is 0.494. The van der Waals surface area contributed by atoms with Crippen LogP contribution >= 0.6 is 0 Å². The van der Waals surface area contributed by atoms with Gasteiger partial charge in [-0.15, -0.1) is 0 Å². The summed E-state index contributed by atoms with van der Waals surface area (Å²) in [7, 11) is 0. The van der Waals surface area contributed by atoms with Crippen LogP contribution in [-0.4, -0.2) is 27.6 Å². The lowest BCUT2D eigenvalue weighted by Crippen LogP contribution is -2.36. The number of aryl methyl sites for hydroxylation is 1. The van der Waals surface area contributed by atoms with Gasteiger partial charge < -0.3 is 9.47 Å². The Balaban J connectivity index is 1.55. The first-order valence-corrected chi connectivity index (χ1v) is 9.47. The molecule has 3 heterocycles. The normalized spacial score (nSPS) is 18.0. The van der Waals surface area contributed by atoms with Crippen LogP contribution in [0.4, 0.5) is 5.82 Å². The van der Waals surface area contributed by atoms with Crippen LogP contribution in [0.3, 0.4) is 0 Å². The second-order valence-corrected chi connectivity index (χ2v) is 6.98. The lowest BCUT2D eigenvalue weighted by Gasteiger charge is -2.33. The number of hydrogen-bond donors (Lipinski definition) is 0. The third kappa shape index (κ3) is 3.39. The van der Waals surface area contributed by atoms with Crippen molar-refractivity contribution in [3.8, 4) is 0 Å². The maximum absolute atomic E-state index is 4.89. The van der Waals surface area contributed by atoms with E-state index in [1.807, 2.05) is 6.20 Å². The third-order valence-electron chi connectivity index (χ3n) is 5.19. The molecule has 0 aliphatic carbocycles. The number of fused-ring (bicyclic) bond motifs is 1. The van der Waals surface area contributed by atoms with Crippen molar-refractivity contribution in [1.29, 1.82) is 0 Å². The zero-order valence-corrected chi connectivity index (χ0v) is 14.9. The van der Waals surface area contributed by atoms with Crippen molar-refractivity contribution in [2.75, 3.05) is 18.0 Å². The minimum Gasteiger partial charge on any atom is -0.356 e. The van der Waals surface area contributed by atoms with Crippen molar-refractivity contribution in [2.45, 2.75) is 45.1 Å². The molecule has 0 N–H and O–H groups in total. The summed E-state index contributed by atoms with van der Waals surface area (Å²) >= 11 is 0. The topological polar surface area (TPSA) is 34.0 Å². The molecule has 0 saturated carbocycles. The zero-order chi connectivity index (χ0) is 17.1. The van der Waals surface area contributed by atoms with E-state index in [4.69, 9.17) is 4.98 Å². The Morgan fingerprint density at radius 3 is 3.00 bits per heavy atom. The van der Waals surface area contributed by atoms with Crippen LogP contribution in [0.25, 0.3) is 10.9 Å². The standard InChI is InChI=1S/C21H26N4/c1-2-3-13-24-15-12-22-21(24)18-8-6-14-25(16-18)20-11-10-17-7-4-5-9-19(17)23-20/h4-5,7,9-12,15,18H,2-3,6,8,13-14,16H2,1H3. The van der Waals surface area contributed by atoms with Gasteiger partial charge in [0.2, 0.25) is 0 Å². The number of anilines is 1. The van der Waals surface area contributed by atoms with Gasteiger partial charge in [0.1, 0.15) is 11.6 Å². The van der Waals surface area contributed by atoms with Crippen LogP contribution in [0.1, 0.15) is 44.3 Å². The fraction of sp³-hybridized carbons (Fsp3) is 0.429. The number of imidazole rings is 1. The van der Waals surface area contributed by atoms with Crippen molar-refractivity contribution in [3.05, 3.63) is 54.6 Å². The maximum Gasteiger partial charge on any atom is 0.129 e. The van der Waals surface area contributed by atoms with Gasteiger partial charge in [-0.25, -0.2) is 9.97 Å². The number of aromatic nitrogens is 3. The van der Waals surface area contributed by atoms with Crippen LogP contribution in [0.5, 0.6) is 0 Å². The molecule has 1 aromatic carbocycles. The number of pyridine rings is 1. The highest BCUT2D eigenvalue weighted by Crippen LogP contribution is 2.29. The molecule has 25 heavy (non-hydrogen) atoms. The molecule has 4 heteroatoms. The number of rotatable bonds is 5. The molecule has 4 nitrogen and oxygen atoms in total. The van der Waals surface area contributed by atoms with E-state index in [2.05, 4.69) is 64.0 Å². The van der Waals surface area contributed by atoms with Crippen molar-refractivity contribution in [2.24, 2.45) is 0 Å². The number of piperidine rings is 1. The van der Waals surface area contributed by atoms with Crippen LogP contribution in [0.2, 0.25) is 0 Å². The van der Waals surface area contributed by atoms with E-state index in [0.717, 1.165) is 31.0 Å². The first-order chi connectivity index (χ1) is 12.3.